The van der Waals surface area contributed by atoms with Crippen LogP contribution in [0.5, 0.6) is 5.75 Å². The average molecular weight is 264 g/mol. The van der Waals surface area contributed by atoms with Crippen LogP contribution < -0.4 is 10.5 Å². The Morgan fingerprint density at radius 3 is 1.95 bits per heavy atom. The van der Waals surface area contributed by atoms with Gasteiger partial charge in [0.05, 0.1) is 5.54 Å². The molecule has 19 heavy (non-hydrogen) atoms. The molecule has 0 heterocycles. The predicted molar refractivity (Wildman–Crippen MR) is 81.8 cm³/mol. The van der Waals surface area contributed by atoms with Gasteiger partial charge < -0.3 is 10.5 Å². The first-order valence-corrected chi connectivity index (χ1v) is 6.80. The molecule has 0 saturated carbocycles. The maximum absolute atomic E-state index is 5.87. The van der Waals surface area contributed by atoms with E-state index in [-0.39, 0.29) is 11.0 Å². The molecular weight excluding hydrogens is 236 g/mol. The Balaban J connectivity index is 2.69. The summed E-state index contributed by atoms with van der Waals surface area (Å²) >= 11 is 0. The van der Waals surface area contributed by atoms with Crippen LogP contribution in [-0.4, -0.2) is 37.7 Å². The number of benzene rings is 1. The molecule has 0 bridgehead atoms. The van der Waals surface area contributed by atoms with Gasteiger partial charge in [-0.15, -0.1) is 0 Å². The lowest BCUT2D eigenvalue weighted by atomic mass is 9.87. The first-order valence-electron chi connectivity index (χ1n) is 6.80. The van der Waals surface area contributed by atoms with Crippen molar-refractivity contribution in [2.75, 3.05) is 27.2 Å². The Kier molecular flexibility index (Phi) is 4.99. The standard InChI is InChI=1S/C16H28N2O/c1-15(2,3)13-7-9-14(10-8-13)19-12-16(4,11-17)18(5)6/h7-10H,11-12,17H2,1-6H3. The summed E-state index contributed by atoms with van der Waals surface area (Å²) in [5.41, 5.74) is 7.18. The number of hydrogen-bond acceptors (Lipinski definition) is 3. The molecule has 1 atom stereocenters. The van der Waals surface area contributed by atoms with Crippen LogP contribution in [0.25, 0.3) is 0 Å². The first-order chi connectivity index (χ1) is 8.69. The van der Waals surface area contributed by atoms with Crippen molar-refractivity contribution in [3.05, 3.63) is 29.8 Å². The monoisotopic (exact) mass is 264 g/mol. The molecule has 0 radical (unpaired) electrons. The molecule has 0 spiro atoms. The normalized spacial score (nSPS) is 15.4. The van der Waals surface area contributed by atoms with Crippen molar-refractivity contribution < 1.29 is 4.74 Å². The highest BCUT2D eigenvalue weighted by molar-refractivity contribution is 5.31. The molecule has 1 rings (SSSR count). The summed E-state index contributed by atoms with van der Waals surface area (Å²) in [5, 5.41) is 0. The van der Waals surface area contributed by atoms with Crippen molar-refractivity contribution in [1.29, 1.82) is 0 Å². The zero-order valence-electron chi connectivity index (χ0n) is 13.2. The Morgan fingerprint density at radius 1 is 1.05 bits per heavy atom. The number of likely N-dealkylation sites (N-methyl/N-ethyl adjacent to an activating group) is 1. The fourth-order valence-electron chi connectivity index (χ4n) is 1.66. The van der Waals surface area contributed by atoms with Crippen molar-refractivity contribution in [3.63, 3.8) is 0 Å². The van der Waals surface area contributed by atoms with Gasteiger partial charge in [-0.1, -0.05) is 32.9 Å². The van der Waals surface area contributed by atoms with Crippen molar-refractivity contribution in [2.24, 2.45) is 5.73 Å². The predicted octanol–water partition coefficient (Wildman–Crippen LogP) is 2.64. The third-order valence-corrected chi connectivity index (χ3v) is 3.79. The van der Waals surface area contributed by atoms with Crippen LogP contribution in [-0.2, 0) is 5.41 Å². The maximum atomic E-state index is 5.87. The van der Waals surface area contributed by atoms with E-state index < -0.39 is 0 Å². The minimum Gasteiger partial charge on any atom is -0.492 e. The van der Waals surface area contributed by atoms with Gasteiger partial charge in [0, 0.05) is 6.54 Å². The summed E-state index contributed by atoms with van der Waals surface area (Å²) in [6.45, 7) is 9.89. The van der Waals surface area contributed by atoms with Crippen LogP contribution in [0.15, 0.2) is 24.3 Å². The van der Waals surface area contributed by atoms with E-state index in [1.54, 1.807) is 0 Å². The molecule has 0 saturated heterocycles. The number of hydrogen-bond donors (Lipinski definition) is 1. The van der Waals surface area contributed by atoms with Crippen LogP contribution >= 0.6 is 0 Å². The fraction of sp³-hybridized carbons (Fsp3) is 0.625. The Labute approximate surface area is 117 Å². The second-order valence-electron chi connectivity index (χ2n) is 6.66. The van der Waals surface area contributed by atoms with E-state index in [4.69, 9.17) is 10.5 Å². The Morgan fingerprint density at radius 2 is 1.58 bits per heavy atom. The fourth-order valence-corrected chi connectivity index (χ4v) is 1.66. The van der Waals surface area contributed by atoms with Crippen LogP contribution in [0.3, 0.4) is 0 Å². The molecule has 0 amide bonds. The van der Waals surface area contributed by atoms with Gasteiger partial charge in [-0.2, -0.15) is 0 Å². The summed E-state index contributed by atoms with van der Waals surface area (Å²) in [6, 6.07) is 8.33. The highest BCUT2D eigenvalue weighted by Gasteiger charge is 2.26. The SMILES string of the molecule is CN(C)C(C)(CN)COc1ccc(C(C)(C)C)cc1. The average Bonchev–Trinajstić information content (AvgIpc) is 2.35. The molecule has 2 N–H and O–H groups in total. The van der Waals surface area contributed by atoms with Crippen LogP contribution in [0.2, 0.25) is 0 Å². The van der Waals surface area contributed by atoms with E-state index >= 15 is 0 Å². The highest BCUT2D eigenvalue weighted by atomic mass is 16.5. The number of nitrogens with zero attached hydrogens (tertiary/aromatic N) is 1. The van der Waals surface area contributed by atoms with Gasteiger partial charge >= 0.3 is 0 Å². The third kappa shape index (κ3) is 4.22. The largest absolute Gasteiger partial charge is 0.492 e. The number of nitrogens with two attached hydrogens (primary N) is 1. The molecule has 1 aromatic carbocycles. The summed E-state index contributed by atoms with van der Waals surface area (Å²) in [5.74, 6) is 0.898. The van der Waals surface area contributed by atoms with E-state index in [0.29, 0.717) is 13.2 Å². The minimum absolute atomic E-state index is 0.136. The van der Waals surface area contributed by atoms with Crippen molar-refractivity contribution in [2.45, 2.75) is 38.6 Å². The summed E-state index contributed by atoms with van der Waals surface area (Å²) < 4.78 is 5.87. The summed E-state index contributed by atoms with van der Waals surface area (Å²) in [6.07, 6.45) is 0. The van der Waals surface area contributed by atoms with Crippen LogP contribution in [0.4, 0.5) is 0 Å². The molecule has 0 fully saturated rings. The van der Waals surface area contributed by atoms with Gasteiger partial charge in [0.1, 0.15) is 12.4 Å². The van der Waals surface area contributed by atoms with E-state index in [1.165, 1.54) is 5.56 Å². The molecule has 3 nitrogen and oxygen atoms in total. The van der Waals surface area contributed by atoms with E-state index in [9.17, 15) is 0 Å². The lowest BCUT2D eigenvalue weighted by Crippen LogP contribution is -2.52. The Bertz CT molecular complexity index is 392. The third-order valence-electron chi connectivity index (χ3n) is 3.79. The zero-order chi connectivity index (χ0) is 14.7. The first kappa shape index (κ1) is 16.0. The smallest absolute Gasteiger partial charge is 0.119 e. The molecule has 108 valence electrons. The second-order valence-corrected chi connectivity index (χ2v) is 6.66. The molecule has 0 aliphatic heterocycles. The van der Waals surface area contributed by atoms with Crippen molar-refractivity contribution in [3.8, 4) is 5.75 Å². The molecule has 3 heteroatoms. The second kappa shape index (κ2) is 5.93. The number of ether oxygens (including phenoxy) is 1. The van der Waals surface area contributed by atoms with Crippen LogP contribution in [0, 0.1) is 0 Å². The topological polar surface area (TPSA) is 38.5 Å². The molecule has 0 aliphatic rings. The van der Waals surface area contributed by atoms with Gasteiger partial charge in [-0.25, -0.2) is 0 Å². The van der Waals surface area contributed by atoms with Gasteiger partial charge in [-0.05, 0) is 44.1 Å². The molecule has 1 aromatic rings. The highest BCUT2D eigenvalue weighted by Crippen LogP contribution is 2.24. The van der Waals surface area contributed by atoms with E-state index in [0.717, 1.165) is 5.75 Å². The molecular formula is C16H28N2O. The maximum Gasteiger partial charge on any atom is 0.119 e. The van der Waals surface area contributed by atoms with Gasteiger partial charge in [0.25, 0.3) is 0 Å². The zero-order valence-corrected chi connectivity index (χ0v) is 13.2. The van der Waals surface area contributed by atoms with Gasteiger partial charge in [0.2, 0.25) is 0 Å². The summed E-state index contributed by atoms with van der Waals surface area (Å²) in [7, 11) is 4.05. The van der Waals surface area contributed by atoms with E-state index in [2.05, 4.69) is 44.7 Å². The number of rotatable bonds is 5. The minimum atomic E-state index is -0.136. The van der Waals surface area contributed by atoms with Crippen molar-refractivity contribution in [1.82, 2.24) is 4.90 Å². The lowest BCUT2D eigenvalue weighted by Gasteiger charge is -2.34. The van der Waals surface area contributed by atoms with Crippen LogP contribution in [0.1, 0.15) is 33.3 Å². The lowest BCUT2D eigenvalue weighted by molar-refractivity contribution is 0.104. The summed E-state index contributed by atoms with van der Waals surface area (Å²) in [4.78, 5) is 2.11. The van der Waals surface area contributed by atoms with Gasteiger partial charge in [0.15, 0.2) is 0 Å². The molecule has 0 aliphatic carbocycles. The van der Waals surface area contributed by atoms with Gasteiger partial charge in [-0.3, -0.25) is 4.90 Å². The van der Waals surface area contributed by atoms with Crippen molar-refractivity contribution >= 4 is 0 Å². The Hall–Kier alpha value is -1.06. The molecule has 1 unspecified atom stereocenters. The van der Waals surface area contributed by atoms with E-state index in [1.807, 2.05) is 26.2 Å². The quantitative estimate of drug-likeness (QED) is 0.888. The molecule has 0 aromatic heterocycles.